The van der Waals surface area contributed by atoms with Crippen LogP contribution in [0.4, 0.5) is 0 Å². The second-order valence-electron chi connectivity index (χ2n) is 6.10. The van der Waals surface area contributed by atoms with Crippen molar-refractivity contribution in [2.45, 2.75) is 39.2 Å². The number of piperidine rings is 1. The molecule has 0 radical (unpaired) electrons. The maximum absolute atomic E-state index is 12.1. The van der Waals surface area contributed by atoms with Gasteiger partial charge in [0.05, 0.1) is 13.0 Å². The Kier molecular flexibility index (Phi) is 3.97. The molecule has 0 bridgehead atoms. The van der Waals surface area contributed by atoms with E-state index < -0.39 is 0 Å². The molecule has 3 unspecified atom stereocenters. The van der Waals surface area contributed by atoms with E-state index in [4.69, 9.17) is 10.5 Å². The van der Waals surface area contributed by atoms with Crippen molar-refractivity contribution in [3.63, 3.8) is 0 Å². The molecule has 3 atom stereocenters. The summed E-state index contributed by atoms with van der Waals surface area (Å²) in [6.07, 6.45) is 3.61. The topological polar surface area (TPSA) is 55.6 Å². The van der Waals surface area contributed by atoms with Crippen molar-refractivity contribution in [1.29, 1.82) is 0 Å². The van der Waals surface area contributed by atoms with Gasteiger partial charge < -0.3 is 10.5 Å². The largest absolute Gasteiger partial charge is 0.469 e. The van der Waals surface area contributed by atoms with Crippen molar-refractivity contribution in [2.24, 2.45) is 23.0 Å². The summed E-state index contributed by atoms with van der Waals surface area (Å²) in [5, 5.41) is 0. The molecule has 0 aromatic rings. The first kappa shape index (κ1) is 13.8. The molecule has 2 fully saturated rings. The maximum Gasteiger partial charge on any atom is 0.310 e. The molecule has 2 aliphatic rings. The highest BCUT2D eigenvalue weighted by Crippen LogP contribution is 2.55. The number of carbonyl (C=O) groups excluding carboxylic acids is 1. The van der Waals surface area contributed by atoms with Crippen LogP contribution in [0, 0.1) is 17.3 Å². The third-order valence-electron chi connectivity index (χ3n) is 5.34. The molecule has 1 heterocycles. The molecule has 2 rings (SSSR count). The minimum Gasteiger partial charge on any atom is -0.469 e. The monoisotopic (exact) mass is 254 g/mol. The van der Waals surface area contributed by atoms with E-state index in [2.05, 4.69) is 18.7 Å². The lowest BCUT2D eigenvalue weighted by molar-refractivity contribution is -0.166. The molecule has 1 spiro atoms. The lowest BCUT2D eigenvalue weighted by Crippen LogP contribution is -2.60. The van der Waals surface area contributed by atoms with Gasteiger partial charge in [-0.25, -0.2) is 0 Å². The Labute approximate surface area is 110 Å². The predicted molar refractivity (Wildman–Crippen MR) is 71.0 cm³/mol. The van der Waals surface area contributed by atoms with Gasteiger partial charge in [-0.15, -0.1) is 0 Å². The summed E-state index contributed by atoms with van der Waals surface area (Å²) < 4.78 is 5.03. The van der Waals surface area contributed by atoms with Gasteiger partial charge in [0.15, 0.2) is 0 Å². The summed E-state index contributed by atoms with van der Waals surface area (Å²) in [6, 6.07) is 0.344. The van der Waals surface area contributed by atoms with Crippen molar-refractivity contribution in [2.75, 3.05) is 26.7 Å². The molecule has 0 amide bonds. The first-order chi connectivity index (χ1) is 8.55. The Hall–Kier alpha value is -0.610. The van der Waals surface area contributed by atoms with Crippen LogP contribution < -0.4 is 5.73 Å². The maximum atomic E-state index is 12.1. The second kappa shape index (κ2) is 5.17. The van der Waals surface area contributed by atoms with Crippen LogP contribution in [-0.2, 0) is 9.53 Å². The summed E-state index contributed by atoms with van der Waals surface area (Å²) in [6.45, 7) is 6.94. The summed E-state index contributed by atoms with van der Waals surface area (Å²) in [5.74, 6) is 0.558. The Bertz CT molecular complexity index is 315. The van der Waals surface area contributed by atoms with Crippen LogP contribution in [0.3, 0.4) is 0 Å². The number of likely N-dealkylation sites (tertiary alicyclic amines) is 1. The predicted octanol–water partition coefficient (Wildman–Crippen LogP) is 1.24. The highest BCUT2D eigenvalue weighted by atomic mass is 16.5. The third kappa shape index (κ3) is 2.05. The van der Waals surface area contributed by atoms with Crippen molar-refractivity contribution >= 4 is 5.97 Å². The van der Waals surface area contributed by atoms with Crippen LogP contribution in [-0.4, -0.2) is 43.7 Å². The molecule has 104 valence electrons. The number of nitrogens with zero attached hydrogens (tertiary/aromatic N) is 1. The molecule has 0 aromatic carbocycles. The van der Waals surface area contributed by atoms with E-state index >= 15 is 0 Å². The van der Waals surface area contributed by atoms with Crippen LogP contribution in [0.2, 0.25) is 0 Å². The fourth-order valence-corrected chi connectivity index (χ4v) is 3.75. The molecule has 0 aromatic heterocycles. The van der Waals surface area contributed by atoms with E-state index in [0.29, 0.717) is 18.5 Å². The smallest absolute Gasteiger partial charge is 0.310 e. The van der Waals surface area contributed by atoms with E-state index in [-0.39, 0.29) is 17.3 Å². The van der Waals surface area contributed by atoms with Gasteiger partial charge in [-0.2, -0.15) is 0 Å². The molecule has 4 heteroatoms. The average Bonchev–Trinajstić information content (AvgIpc) is 2.33. The summed E-state index contributed by atoms with van der Waals surface area (Å²) in [7, 11) is 1.50. The quantitative estimate of drug-likeness (QED) is 0.770. The van der Waals surface area contributed by atoms with Crippen molar-refractivity contribution in [3.8, 4) is 0 Å². The van der Waals surface area contributed by atoms with Gasteiger partial charge in [0.1, 0.15) is 0 Å². The van der Waals surface area contributed by atoms with Crippen molar-refractivity contribution in [1.82, 2.24) is 4.90 Å². The van der Waals surface area contributed by atoms with Gasteiger partial charge in [-0.1, -0.05) is 13.3 Å². The molecular weight excluding hydrogens is 228 g/mol. The van der Waals surface area contributed by atoms with E-state index in [9.17, 15) is 4.79 Å². The molecule has 18 heavy (non-hydrogen) atoms. The van der Waals surface area contributed by atoms with Gasteiger partial charge >= 0.3 is 5.97 Å². The molecule has 2 N–H and O–H groups in total. The Balaban J connectivity index is 2.17. The fraction of sp³-hybridized carbons (Fsp3) is 0.929. The van der Waals surface area contributed by atoms with Crippen molar-refractivity contribution in [3.05, 3.63) is 0 Å². The van der Waals surface area contributed by atoms with E-state index in [1.165, 1.54) is 26.4 Å². The van der Waals surface area contributed by atoms with E-state index in [1.807, 2.05) is 0 Å². The SMILES string of the molecule is COC(=O)C1CN(C(C)CN)CC(C)C12CCC2. The Morgan fingerprint density at radius 2 is 2.17 bits per heavy atom. The molecule has 1 saturated heterocycles. The van der Waals surface area contributed by atoms with Gasteiger partial charge in [0.25, 0.3) is 0 Å². The third-order valence-corrected chi connectivity index (χ3v) is 5.34. The molecule has 1 aliphatic carbocycles. The van der Waals surface area contributed by atoms with Crippen LogP contribution in [0.25, 0.3) is 0 Å². The number of nitrogens with two attached hydrogens (primary N) is 1. The van der Waals surface area contributed by atoms with Crippen LogP contribution >= 0.6 is 0 Å². The number of carbonyl (C=O) groups is 1. The summed E-state index contributed by atoms with van der Waals surface area (Å²) in [4.78, 5) is 14.5. The fourth-order valence-electron chi connectivity index (χ4n) is 3.75. The Morgan fingerprint density at radius 3 is 2.61 bits per heavy atom. The Morgan fingerprint density at radius 1 is 1.50 bits per heavy atom. The molecule has 1 aliphatic heterocycles. The highest BCUT2D eigenvalue weighted by molar-refractivity contribution is 5.74. The minimum atomic E-state index is -0.0320. The van der Waals surface area contributed by atoms with Gasteiger partial charge in [0.2, 0.25) is 0 Å². The zero-order valence-corrected chi connectivity index (χ0v) is 11.8. The highest BCUT2D eigenvalue weighted by Gasteiger charge is 2.54. The van der Waals surface area contributed by atoms with Crippen molar-refractivity contribution < 1.29 is 9.53 Å². The number of rotatable bonds is 3. The number of methoxy groups -OCH3 is 1. The lowest BCUT2D eigenvalue weighted by Gasteiger charge is -2.57. The first-order valence-corrected chi connectivity index (χ1v) is 7.07. The number of hydrogen-bond donors (Lipinski definition) is 1. The van der Waals surface area contributed by atoms with E-state index in [1.54, 1.807) is 0 Å². The summed E-state index contributed by atoms with van der Waals surface area (Å²) >= 11 is 0. The minimum absolute atomic E-state index is 0.0320. The summed E-state index contributed by atoms with van der Waals surface area (Å²) in [5.41, 5.74) is 5.96. The van der Waals surface area contributed by atoms with Gasteiger partial charge in [-0.3, -0.25) is 9.69 Å². The number of ether oxygens (including phenoxy) is 1. The standard InChI is InChI=1S/C14H26N2O2/c1-10-8-16(11(2)7-15)9-12(13(17)18-3)14(10)5-4-6-14/h10-12H,4-9,15H2,1-3H3. The lowest BCUT2D eigenvalue weighted by atomic mass is 9.53. The van der Waals surface area contributed by atoms with Crippen LogP contribution in [0.15, 0.2) is 0 Å². The molecule has 1 saturated carbocycles. The second-order valence-corrected chi connectivity index (χ2v) is 6.10. The van der Waals surface area contributed by atoms with Crippen LogP contribution in [0.1, 0.15) is 33.1 Å². The van der Waals surface area contributed by atoms with E-state index in [0.717, 1.165) is 13.1 Å². The number of esters is 1. The van der Waals surface area contributed by atoms with Gasteiger partial charge in [-0.05, 0) is 31.1 Å². The molecule has 4 nitrogen and oxygen atoms in total. The van der Waals surface area contributed by atoms with Gasteiger partial charge in [0, 0.05) is 25.7 Å². The molecular formula is C14H26N2O2. The average molecular weight is 254 g/mol. The first-order valence-electron chi connectivity index (χ1n) is 7.07. The normalized spacial score (nSPS) is 32.9. The zero-order valence-electron chi connectivity index (χ0n) is 11.8. The van der Waals surface area contributed by atoms with Crippen LogP contribution in [0.5, 0.6) is 0 Å². The number of hydrogen-bond acceptors (Lipinski definition) is 4. The zero-order chi connectivity index (χ0) is 13.3.